The number of thiophene rings is 1. The maximum absolute atomic E-state index is 11.8. The first-order chi connectivity index (χ1) is 9.15. The lowest BCUT2D eigenvalue weighted by molar-refractivity contribution is -0.116. The molecule has 0 aliphatic heterocycles. The van der Waals surface area contributed by atoms with Gasteiger partial charge in [0.25, 0.3) is 0 Å². The fourth-order valence-corrected chi connectivity index (χ4v) is 2.43. The van der Waals surface area contributed by atoms with Crippen LogP contribution in [0.15, 0.2) is 36.7 Å². The van der Waals surface area contributed by atoms with Crippen molar-refractivity contribution in [3.63, 3.8) is 0 Å². The molecule has 0 aliphatic carbocycles. The third kappa shape index (κ3) is 3.99. The molecule has 19 heavy (non-hydrogen) atoms. The number of hydrogen-bond donors (Lipinski definition) is 1. The van der Waals surface area contributed by atoms with Crippen molar-refractivity contribution < 1.29 is 9.59 Å². The van der Waals surface area contributed by atoms with E-state index >= 15 is 0 Å². The SMILES string of the molecule is Cc1ccc(C(=O)CCC(=O)Nc2ccncc2)s1. The Morgan fingerprint density at radius 1 is 1.16 bits per heavy atom. The summed E-state index contributed by atoms with van der Waals surface area (Å²) in [5.41, 5.74) is 0.694. The second-order valence-corrected chi connectivity index (χ2v) is 5.41. The zero-order valence-electron chi connectivity index (χ0n) is 10.6. The van der Waals surface area contributed by atoms with Crippen LogP contribution in [0, 0.1) is 6.92 Å². The predicted octanol–water partition coefficient (Wildman–Crippen LogP) is 3.05. The summed E-state index contributed by atoms with van der Waals surface area (Å²) in [7, 11) is 0. The number of nitrogens with one attached hydrogen (secondary N) is 1. The van der Waals surface area contributed by atoms with E-state index in [-0.39, 0.29) is 24.5 Å². The van der Waals surface area contributed by atoms with E-state index in [0.29, 0.717) is 10.6 Å². The minimum absolute atomic E-state index is 0.0166. The van der Waals surface area contributed by atoms with Crippen LogP contribution in [0.25, 0.3) is 0 Å². The molecule has 1 N–H and O–H groups in total. The molecule has 5 heteroatoms. The summed E-state index contributed by atoms with van der Waals surface area (Å²) in [5.74, 6) is -0.143. The summed E-state index contributed by atoms with van der Waals surface area (Å²) in [6, 6.07) is 7.14. The Kier molecular flexibility index (Phi) is 4.41. The van der Waals surface area contributed by atoms with Gasteiger partial charge in [-0.25, -0.2) is 0 Å². The van der Waals surface area contributed by atoms with Crippen molar-refractivity contribution >= 4 is 28.7 Å². The molecule has 2 heterocycles. The van der Waals surface area contributed by atoms with Crippen LogP contribution in [0.3, 0.4) is 0 Å². The standard InChI is InChI=1S/C14H14N2O2S/c1-10-2-4-13(19-10)12(17)3-5-14(18)16-11-6-8-15-9-7-11/h2,4,6-9H,3,5H2,1H3,(H,15,16,18). The highest BCUT2D eigenvalue weighted by molar-refractivity contribution is 7.14. The quantitative estimate of drug-likeness (QED) is 0.852. The number of nitrogens with zero attached hydrogens (tertiary/aromatic N) is 1. The van der Waals surface area contributed by atoms with Crippen LogP contribution >= 0.6 is 11.3 Å². The number of Topliss-reactive ketones (excluding diaryl/α,β-unsaturated/α-hetero) is 1. The highest BCUT2D eigenvalue weighted by Crippen LogP contribution is 2.17. The second-order valence-electron chi connectivity index (χ2n) is 4.12. The number of anilines is 1. The molecule has 2 aromatic rings. The summed E-state index contributed by atoms with van der Waals surface area (Å²) in [6.07, 6.45) is 3.64. The molecule has 0 bridgehead atoms. The van der Waals surface area contributed by atoms with Gasteiger partial charge in [-0.15, -0.1) is 11.3 Å². The molecule has 4 nitrogen and oxygen atoms in total. The topological polar surface area (TPSA) is 59.1 Å². The summed E-state index contributed by atoms with van der Waals surface area (Å²) >= 11 is 1.46. The molecule has 0 fully saturated rings. The van der Waals surface area contributed by atoms with Gasteiger partial charge in [0.2, 0.25) is 5.91 Å². The molecular weight excluding hydrogens is 260 g/mol. The molecule has 0 atom stereocenters. The molecule has 0 saturated heterocycles. The maximum atomic E-state index is 11.8. The van der Waals surface area contributed by atoms with Crippen molar-refractivity contribution in [2.75, 3.05) is 5.32 Å². The first kappa shape index (κ1) is 13.4. The number of aromatic nitrogens is 1. The van der Waals surface area contributed by atoms with Crippen LogP contribution in [0.5, 0.6) is 0 Å². The van der Waals surface area contributed by atoms with Gasteiger partial charge in [-0.2, -0.15) is 0 Å². The van der Waals surface area contributed by atoms with Crippen molar-refractivity contribution in [2.45, 2.75) is 19.8 Å². The minimum Gasteiger partial charge on any atom is -0.326 e. The maximum Gasteiger partial charge on any atom is 0.224 e. The highest BCUT2D eigenvalue weighted by Gasteiger charge is 2.11. The van der Waals surface area contributed by atoms with Crippen LogP contribution in [0.2, 0.25) is 0 Å². The van der Waals surface area contributed by atoms with E-state index in [4.69, 9.17) is 0 Å². The smallest absolute Gasteiger partial charge is 0.224 e. The number of amides is 1. The molecule has 2 aromatic heterocycles. The summed E-state index contributed by atoms with van der Waals surface area (Å²) < 4.78 is 0. The van der Waals surface area contributed by atoms with Gasteiger partial charge in [0.05, 0.1) is 4.88 Å². The van der Waals surface area contributed by atoms with Crippen molar-refractivity contribution in [3.05, 3.63) is 46.4 Å². The zero-order chi connectivity index (χ0) is 13.7. The summed E-state index contributed by atoms with van der Waals surface area (Å²) in [6.45, 7) is 1.96. The van der Waals surface area contributed by atoms with Crippen LogP contribution in [0.1, 0.15) is 27.4 Å². The second kappa shape index (κ2) is 6.24. The van der Waals surface area contributed by atoms with Crippen LogP contribution in [-0.4, -0.2) is 16.7 Å². The Bertz CT molecular complexity index is 578. The Morgan fingerprint density at radius 3 is 2.53 bits per heavy atom. The third-order valence-electron chi connectivity index (χ3n) is 2.56. The number of carbonyl (C=O) groups is 2. The molecule has 2 rings (SSSR count). The Labute approximate surface area is 115 Å². The van der Waals surface area contributed by atoms with Gasteiger partial charge >= 0.3 is 0 Å². The Hall–Kier alpha value is -2.01. The number of ketones is 1. The van der Waals surface area contributed by atoms with E-state index in [1.165, 1.54) is 11.3 Å². The monoisotopic (exact) mass is 274 g/mol. The largest absolute Gasteiger partial charge is 0.326 e. The number of rotatable bonds is 5. The molecule has 1 amide bonds. The normalized spacial score (nSPS) is 10.2. The summed E-state index contributed by atoms with van der Waals surface area (Å²) in [5, 5.41) is 2.73. The number of aryl methyl sites for hydroxylation is 1. The molecule has 98 valence electrons. The number of carbonyl (C=O) groups excluding carboxylic acids is 2. The number of pyridine rings is 1. The van der Waals surface area contributed by atoms with Crippen LogP contribution < -0.4 is 5.32 Å². The molecular formula is C14H14N2O2S. The van der Waals surface area contributed by atoms with Crippen molar-refractivity contribution in [1.29, 1.82) is 0 Å². The minimum atomic E-state index is -0.159. The molecule has 0 saturated carbocycles. The van der Waals surface area contributed by atoms with Gasteiger partial charge in [-0.3, -0.25) is 14.6 Å². The van der Waals surface area contributed by atoms with E-state index < -0.39 is 0 Å². The van der Waals surface area contributed by atoms with E-state index in [1.54, 1.807) is 24.5 Å². The van der Waals surface area contributed by atoms with E-state index in [2.05, 4.69) is 10.3 Å². The molecule has 0 aromatic carbocycles. The van der Waals surface area contributed by atoms with E-state index in [9.17, 15) is 9.59 Å². The van der Waals surface area contributed by atoms with Gasteiger partial charge in [0, 0.05) is 35.8 Å². The van der Waals surface area contributed by atoms with Gasteiger partial charge < -0.3 is 5.32 Å². The average molecular weight is 274 g/mol. The molecule has 0 unspecified atom stereocenters. The fourth-order valence-electron chi connectivity index (χ4n) is 1.59. The zero-order valence-corrected chi connectivity index (χ0v) is 11.4. The summed E-state index contributed by atoms with van der Waals surface area (Å²) in [4.78, 5) is 29.2. The predicted molar refractivity (Wildman–Crippen MR) is 75.5 cm³/mol. The van der Waals surface area contributed by atoms with Crippen molar-refractivity contribution in [2.24, 2.45) is 0 Å². The third-order valence-corrected chi connectivity index (χ3v) is 3.60. The van der Waals surface area contributed by atoms with Gasteiger partial charge in [-0.1, -0.05) is 0 Å². The first-order valence-electron chi connectivity index (χ1n) is 5.94. The van der Waals surface area contributed by atoms with Crippen LogP contribution in [0.4, 0.5) is 5.69 Å². The van der Waals surface area contributed by atoms with Crippen molar-refractivity contribution in [3.8, 4) is 0 Å². The van der Waals surface area contributed by atoms with Crippen LogP contribution in [-0.2, 0) is 4.79 Å². The van der Waals surface area contributed by atoms with Gasteiger partial charge in [0.1, 0.15) is 0 Å². The van der Waals surface area contributed by atoms with Gasteiger partial charge in [-0.05, 0) is 31.2 Å². The fraction of sp³-hybridized carbons (Fsp3) is 0.214. The van der Waals surface area contributed by atoms with Crippen molar-refractivity contribution in [1.82, 2.24) is 4.98 Å². The lowest BCUT2D eigenvalue weighted by Gasteiger charge is -2.03. The molecule has 0 spiro atoms. The lowest BCUT2D eigenvalue weighted by atomic mass is 10.2. The Morgan fingerprint density at radius 2 is 1.89 bits per heavy atom. The first-order valence-corrected chi connectivity index (χ1v) is 6.76. The molecule has 0 radical (unpaired) electrons. The highest BCUT2D eigenvalue weighted by atomic mass is 32.1. The lowest BCUT2D eigenvalue weighted by Crippen LogP contribution is -2.13. The molecule has 0 aliphatic rings. The Balaban J connectivity index is 1.82. The number of hydrogen-bond acceptors (Lipinski definition) is 4. The van der Waals surface area contributed by atoms with E-state index in [1.807, 2.05) is 19.1 Å². The average Bonchev–Trinajstić information content (AvgIpc) is 2.84. The van der Waals surface area contributed by atoms with E-state index in [0.717, 1.165) is 4.88 Å². The van der Waals surface area contributed by atoms with Gasteiger partial charge in [0.15, 0.2) is 5.78 Å².